The second kappa shape index (κ2) is 3.92. The Balaban J connectivity index is 2.39. The highest BCUT2D eigenvalue weighted by Crippen LogP contribution is 2.11. The van der Waals surface area contributed by atoms with Crippen LogP contribution in [0.15, 0.2) is 23.0 Å². The van der Waals surface area contributed by atoms with Crippen molar-refractivity contribution in [2.45, 2.75) is 13.0 Å². The second-order valence-corrected chi connectivity index (χ2v) is 2.63. The smallest absolute Gasteiger partial charge is 0.231 e. The molecule has 12 heavy (non-hydrogen) atoms. The molecular weight excluding hydrogens is 156 g/mol. The maximum absolute atomic E-state index is 10.4. The molecular formula is C8H12N2O2. The first kappa shape index (κ1) is 8.80. The lowest BCUT2D eigenvalue weighted by atomic mass is 10.2. The fourth-order valence-electron chi connectivity index (χ4n) is 0.893. The number of furan rings is 1. The number of nitrogens with two attached hydrogens (primary N) is 1. The van der Waals surface area contributed by atoms with Gasteiger partial charge in [-0.3, -0.25) is 4.79 Å². The van der Waals surface area contributed by atoms with Crippen molar-refractivity contribution >= 4 is 5.91 Å². The molecule has 1 heterocycles. The molecule has 0 aliphatic carbocycles. The molecule has 1 amide bonds. The number of primary amides is 1. The van der Waals surface area contributed by atoms with Gasteiger partial charge < -0.3 is 15.5 Å². The minimum Gasteiger partial charge on any atom is -0.472 e. The maximum atomic E-state index is 10.4. The summed E-state index contributed by atoms with van der Waals surface area (Å²) in [6.07, 6.45) is 3.23. The highest BCUT2D eigenvalue weighted by atomic mass is 16.3. The SMILES string of the molecule is CC(NCC(N)=O)c1ccoc1. The standard InChI is InChI=1S/C8H12N2O2/c1-6(10-4-8(9)11)7-2-3-12-5-7/h2-3,5-6,10H,4H2,1H3,(H2,9,11). The predicted octanol–water partition coefficient (Wildman–Crippen LogP) is 0.416. The quantitative estimate of drug-likeness (QED) is 0.684. The molecule has 0 saturated carbocycles. The summed E-state index contributed by atoms with van der Waals surface area (Å²) in [5, 5.41) is 2.95. The highest BCUT2D eigenvalue weighted by Gasteiger charge is 2.05. The Morgan fingerprint density at radius 3 is 3.08 bits per heavy atom. The van der Waals surface area contributed by atoms with Gasteiger partial charge in [-0.1, -0.05) is 0 Å². The number of amides is 1. The Morgan fingerprint density at radius 1 is 1.83 bits per heavy atom. The summed E-state index contributed by atoms with van der Waals surface area (Å²) in [6.45, 7) is 2.13. The van der Waals surface area contributed by atoms with Gasteiger partial charge in [-0.2, -0.15) is 0 Å². The van der Waals surface area contributed by atoms with E-state index in [-0.39, 0.29) is 18.5 Å². The third kappa shape index (κ3) is 2.39. The molecule has 1 aromatic heterocycles. The van der Waals surface area contributed by atoms with Gasteiger partial charge in [0, 0.05) is 11.6 Å². The van der Waals surface area contributed by atoms with Crippen LogP contribution in [0.2, 0.25) is 0 Å². The lowest BCUT2D eigenvalue weighted by Crippen LogP contribution is -2.30. The van der Waals surface area contributed by atoms with E-state index in [9.17, 15) is 4.79 Å². The normalized spacial score (nSPS) is 12.8. The average Bonchev–Trinajstić information content (AvgIpc) is 2.51. The summed E-state index contributed by atoms with van der Waals surface area (Å²) < 4.78 is 4.89. The molecule has 4 nitrogen and oxygen atoms in total. The number of carbonyl (C=O) groups is 1. The molecule has 1 unspecified atom stereocenters. The molecule has 0 saturated heterocycles. The monoisotopic (exact) mass is 168 g/mol. The third-order valence-electron chi connectivity index (χ3n) is 1.63. The zero-order valence-corrected chi connectivity index (χ0v) is 6.91. The topological polar surface area (TPSA) is 68.3 Å². The largest absolute Gasteiger partial charge is 0.472 e. The van der Waals surface area contributed by atoms with Crippen molar-refractivity contribution in [2.75, 3.05) is 6.54 Å². The minimum atomic E-state index is -0.356. The number of nitrogens with one attached hydrogen (secondary N) is 1. The van der Waals surface area contributed by atoms with Gasteiger partial charge in [0.05, 0.1) is 19.1 Å². The van der Waals surface area contributed by atoms with E-state index in [1.54, 1.807) is 12.5 Å². The zero-order chi connectivity index (χ0) is 8.97. The van der Waals surface area contributed by atoms with Crippen LogP contribution in [-0.4, -0.2) is 12.5 Å². The Bertz CT molecular complexity index is 244. The van der Waals surface area contributed by atoms with E-state index in [2.05, 4.69) is 5.32 Å². The first-order valence-corrected chi connectivity index (χ1v) is 3.74. The van der Waals surface area contributed by atoms with Crippen LogP contribution in [0.4, 0.5) is 0 Å². The molecule has 66 valence electrons. The van der Waals surface area contributed by atoms with Crippen molar-refractivity contribution in [3.05, 3.63) is 24.2 Å². The van der Waals surface area contributed by atoms with Crippen LogP contribution < -0.4 is 11.1 Å². The third-order valence-corrected chi connectivity index (χ3v) is 1.63. The number of hydrogen-bond acceptors (Lipinski definition) is 3. The highest BCUT2D eigenvalue weighted by molar-refractivity contribution is 5.75. The number of hydrogen-bond donors (Lipinski definition) is 2. The van der Waals surface area contributed by atoms with Crippen LogP contribution >= 0.6 is 0 Å². The van der Waals surface area contributed by atoms with E-state index in [1.807, 2.05) is 13.0 Å². The van der Waals surface area contributed by atoms with Crippen LogP contribution in [0.3, 0.4) is 0 Å². The Kier molecular flexibility index (Phi) is 2.88. The molecule has 0 fully saturated rings. The van der Waals surface area contributed by atoms with Crippen LogP contribution in [0, 0.1) is 0 Å². The van der Waals surface area contributed by atoms with Crippen LogP contribution in [0.1, 0.15) is 18.5 Å². The van der Waals surface area contributed by atoms with Crippen molar-refractivity contribution in [1.29, 1.82) is 0 Å². The van der Waals surface area contributed by atoms with Crippen molar-refractivity contribution in [2.24, 2.45) is 5.73 Å². The molecule has 4 heteroatoms. The Morgan fingerprint density at radius 2 is 2.58 bits per heavy atom. The summed E-state index contributed by atoms with van der Waals surface area (Å²) in [7, 11) is 0. The van der Waals surface area contributed by atoms with Crippen LogP contribution in [0.25, 0.3) is 0 Å². The fourth-order valence-corrected chi connectivity index (χ4v) is 0.893. The molecule has 0 radical (unpaired) electrons. The average molecular weight is 168 g/mol. The first-order valence-electron chi connectivity index (χ1n) is 3.74. The summed E-state index contributed by atoms with van der Waals surface area (Å²) in [6, 6.07) is 1.94. The fraction of sp³-hybridized carbons (Fsp3) is 0.375. The van der Waals surface area contributed by atoms with Gasteiger partial charge in [-0.05, 0) is 13.0 Å². The van der Waals surface area contributed by atoms with Gasteiger partial charge in [0.2, 0.25) is 5.91 Å². The molecule has 0 aliphatic rings. The lowest BCUT2D eigenvalue weighted by Gasteiger charge is -2.08. The molecule has 0 bridgehead atoms. The summed E-state index contributed by atoms with van der Waals surface area (Å²) >= 11 is 0. The molecule has 1 rings (SSSR count). The van der Waals surface area contributed by atoms with E-state index in [4.69, 9.17) is 10.2 Å². The van der Waals surface area contributed by atoms with E-state index in [1.165, 1.54) is 0 Å². The zero-order valence-electron chi connectivity index (χ0n) is 6.91. The van der Waals surface area contributed by atoms with E-state index in [0.29, 0.717) is 0 Å². The van der Waals surface area contributed by atoms with Crippen molar-refractivity contribution in [1.82, 2.24) is 5.32 Å². The molecule has 3 N–H and O–H groups in total. The molecule has 0 spiro atoms. The maximum Gasteiger partial charge on any atom is 0.231 e. The number of rotatable bonds is 4. The minimum absolute atomic E-state index is 0.0937. The Hall–Kier alpha value is -1.29. The van der Waals surface area contributed by atoms with Crippen molar-refractivity contribution in [3.63, 3.8) is 0 Å². The molecule has 0 aromatic carbocycles. The molecule has 1 atom stereocenters. The summed E-state index contributed by atoms with van der Waals surface area (Å²) in [4.78, 5) is 10.4. The van der Waals surface area contributed by atoms with Gasteiger partial charge in [-0.25, -0.2) is 0 Å². The van der Waals surface area contributed by atoms with E-state index in [0.717, 1.165) is 5.56 Å². The van der Waals surface area contributed by atoms with Gasteiger partial charge in [0.15, 0.2) is 0 Å². The Labute approximate surface area is 70.7 Å². The van der Waals surface area contributed by atoms with Gasteiger partial charge in [0.25, 0.3) is 0 Å². The lowest BCUT2D eigenvalue weighted by molar-refractivity contribution is -0.117. The van der Waals surface area contributed by atoms with Gasteiger partial charge in [-0.15, -0.1) is 0 Å². The molecule has 1 aromatic rings. The molecule has 0 aliphatic heterocycles. The summed E-state index contributed by atoms with van der Waals surface area (Å²) in [5.41, 5.74) is 5.98. The number of carbonyl (C=O) groups excluding carboxylic acids is 1. The van der Waals surface area contributed by atoms with Crippen molar-refractivity contribution < 1.29 is 9.21 Å². The van der Waals surface area contributed by atoms with Gasteiger partial charge in [0.1, 0.15) is 0 Å². The van der Waals surface area contributed by atoms with Crippen molar-refractivity contribution in [3.8, 4) is 0 Å². The first-order chi connectivity index (χ1) is 5.70. The summed E-state index contributed by atoms with van der Waals surface area (Å²) in [5.74, 6) is -0.356. The predicted molar refractivity (Wildman–Crippen MR) is 44.3 cm³/mol. The van der Waals surface area contributed by atoms with Gasteiger partial charge >= 0.3 is 0 Å². The van der Waals surface area contributed by atoms with Crippen LogP contribution in [-0.2, 0) is 4.79 Å². The van der Waals surface area contributed by atoms with Crippen LogP contribution in [0.5, 0.6) is 0 Å². The van der Waals surface area contributed by atoms with E-state index >= 15 is 0 Å². The second-order valence-electron chi connectivity index (χ2n) is 2.63. The van der Waals surface area contributed by atoms with E-state index < -0.39 is 0 Å².